The molecule has 3 nitrogen and oxygen atoms in total. The van der Waals surface area contributed by atoms with Gasteiger partial charge in [-0.15, -0.1) is 0 Å². The zero-order chi connectivity index (χ0) is 15.2. The van der Waals surface area contributed by atoms with E-state index in [1.807, 2.05) is 32.9 Å². The molecule has 114 valence electrons. The van der Waals surface area contributed by atoms with Crippen LogP contribution in [0, 0.1) is 6.92 Å². The normalized spacial score (nSPS) is 13.3. The second-order valence-electron chi connectivity index (χ2n) is 4.55. The quantitative estimate of drug-likeness (QED) is 0.615. The third-order valence-corrected chi connectivity index (χ3v) is 2.71. The molecule has 0 heterocycles. The van der Waals surface area contributed by atoms with Gasteiger partial charge in [0.1, 0.15) is 12.4 Å². The molecule has 0 aliphatic carbocycles. The molecular weight excluding hydrogens is 271 g/mol. The van der Waals surface area contributed by atoms with E-state index < -0.39 is 19.6 Å². The number of nitrogens with one attached hydrogen (secondary N) is 1. The summed E-state index contributed by atoms with van der Waals surface area (Å²) in [5, 5.41) is 3.24. The average Bonchev–Trinajstić information content (AvgIpc) is 2.34. The van der Waals surface area contributed by atoms with Gasteiger partial charge in [0.2, 0.25) is 0 Å². The molecule has 0 saturated carbocycles. The van der Waals surface area contributed by atoms with Gasteiger partial charge in [0.05, 0.1) is 0 Å². The van der Waals surface area contributed by atoms with Crippen molar-refractivity contribution in [2.24, 2.45) is 0 Å². The summed E-state index contributed by atoms with van der Waals surface area (Å²) in [6, 6.07) is 5.69. The largest absolute Gasteiger partial charge is 0.467 e. The minimum Gasteiger partial charge on any atom is -0.467 e. The van der Waals surface area contributed by atoms with Crippen molar-refractivity contribution < 1.29 is 22.6 Å². The van der Waals surface area contributed by atoms with Gasteiger partial charge in [0, 0.05) is 11.6 Å². The molecule has 0 aliphatic rings. The maximum Gasteiger partial charge on any atom is 0.411 e. The first-order valence-electron chi connectivity index (χ1n) is 6.44. The molecule has 0 fully saturated rings. The maximum atomic E-state index is 12.0. The number of hydrogen-bond donors (Lipinski definition) is 1. The van der Waals surface area contributed by atoms with Gasteiger partial charge in [0.15, 0.2) is 6.79 Å². The third-order valence-electron chi connectivity index (χ3n) is 2.71. The van der Waals surface area contributed by atoms with Gasteiger partial charge in [0.25, 0.3) is 0 Å². The minimum absolute atomic E-state index is 0.0539. The van der Waals surface area contributed by atoms with Crippen LogP contribution >= 0.6 is 0 Å². The molecule has 0 amide bonds. The molecule has 1 rings (SSSR count). The van der Waals surface area contributed by atoms with Gasteiger partial charge >= 0.3 is 6.18 Å². The van der Waals surface area contributed by atoms with Crippen molar-refractivity contribution in [1.82, 2.24) is 5.32 Å². The lowest BCUT2D eigenvalue weighted by atomic mass is 10.1. The Hall–Kier alpha value is -1.27. The number of benzene rings is 1. The summed E-state index contributed by atoms with van der Waals surface area (Å²) in [5.41, 5.74) is 1.87. The Balaban J connectivity index is 2.65. The Labute approximate surface area is 117 Å². The highest BCUT2D eigenvalue weighted by atomic mass is 19.4. The average molecular weight is 291 g/mol. The van der Waals surface area contributed by atoms with E-state index in [1.165, 1.54) is 0 Å². The highest BCUT2D eigenvalue weighted by Gasteiger charge is 2.27. The van der Waals surface area contributed by atoms with Gasteiger partial charge in [-0.2, -0.15) is 13.2 Å². The van der Waals surface area contributed by atoms with Crippen LogP contribution in [0.3, 0.4) is 0 Å². The van der Waals surface area contributed by atoms with E-state index >= 15 is 0 Å². The molecule has 1 aromatic carbocycles. The highest BCUT2D eigenvalue weighted by molar-refractivity contribution is 5.39. The van der Waals surface area contributed by atoms with Crippen LogP contribution in [0.1, 0.15) is 31.0 Å². The lowest BCUT2D eigenvalue weighted by molar-refractivity contribution is -0.186. The maximum absolute atomic E-state index is 12.0. The van der Waals surface area contributed by atoms with E-state index in [0.29, 0.717) is 5.75 Å². The van der Waals surface area contributed by atoms with Crippen molar-refractivity contribution in [1.29, 1.82) is 0 Å². The van der Waals surface area contributed by atoms with Gasteiger partial charge in [-0.3, -0.25) is 0 Å². The Kier molecular flexibility index (Phi) is 6.29. The molecule has 20 heavy (non-hydrogen) atoms. The number of alkyl halides is 3. The molecule has 1 unspecified atom stereocenters. The van der Waals surface area contributed by atoms with E-state index in [9.17, 15) is 13.2 Å². The molecule has 0 spiro atoms. The zero-order valence-electron chi connectivity index (χ0n) is 11.9. The number of rotatable bonds is 7. The lowest BCUT2D eigenvalue weighted by Crippen LogP contribution is -2.21. The summed E-state index contributed by atoms with van der Waals surface area (Å²) in [6.07, 6.45) is -4.34. The summed E-state index contributed by atoms with van der Waals surface area (Å²) in [7, 11) is 0. The smallest absolute Gasteiger partial charge is 0.411 e. The summed E-state index contributed by atoms with van der Waals surface area (Å²) >= 11 is 0. The lowest BCUT2D eigenvalue weighted by Gasteiger charge is -2.18. The van der Waals surface area contributed by atoms with Crippen LogP contribution < -0.4 is 10.1 Å². The van der Waals surface area contributed by atoms with Crippen LogP contribution in [0.4, 0.5) is 13.2 Å². The van der Waals surface area contributed by atoms with Crippen LogP contribution in [0.5, 0.6) is 5.75 Å². The third kappa shape index (κ3) is 5.79. The fraction of sp³-hybridized carbons (Fsp3) is 0.571. The van der Waals surface area contributed by atoms with Gasteiger partial charge in [-0.25, -0.2) is 0 Å². The molecule has 6 heteroatoms. The minimum atomic E-state index is -4.34. The van der Waals surface area contributed by atoms with Gasteiger partial charge in [-0.1, -0.05) is 19.1 Å². The van der Waals surface area contributed by atoms with Crippen molar-refractivity contribution in [2.45, 2.75) is 33.0 Å². The summed E-state index contributed by atoms with van der Waals surface area (Å²) in [4.78, 5) is 0. The second-order valence-corrected chi connectivity index (χ2v) is 4.55. The Bertz CT molecular complexity index is 421. The van der Waals surface area contributed by atoms with E-state index in [0.717, 1.165) is 17.7 Å². The molecule has 0 saturated heterocycles. The van der Waals surface area contributed by atoms with Gasteiger partial charge in [-0.05, 0) is 32.0 Å². The fourth-order valence-electron chi connectivity index (χ4n) is 1.80. The molecular formula is C14H20F3NO2. The summed E-state index contributed by atoms with van der Waals surface area (Å²) < 4.78 is 45.7. The van der Waals surface area contributed by atoms with Crippen LogP contribution in [0.25, 0.3) is 0 Å². The van der Waals surface area contributed by atoms with Crippen molar-refractivity contribution in [3.8, 4) is 5.75 Å². The topological polar surface area (TPSA) is 30.5 Å². The van der Waals surface area contributed by atoms with Crippen LogP contribution in [-0.2, 0) is 4.74 Å². The summed E-state index contributed by atoms with van der Waals surface area (Å²) in [5.74, 6) is 0.542. The molecule has 1 N–H and O–H groups in total. The summed E-state index contributed by atoms with van der Waals surface area (Å²) in [6.45, 7) is 4.91. The number of hydrogen-bond acceptors (Lipinski definition) is 3. The van der Waals surface area contributed by atoms with Gasteiger partial charge < -0.3 is 14.8 Å². The Morgan fingerprint density at radius 2 is 2.00 bits per heavy atom. The number of ether oxygens (including phenoxy) is 2. The van der Waals surface area contributed by atoms with E-state index in [2.05, 4.69) is 10.1 Å². The van der Waals surface area contributed by atoms with E-state index in [-0.39, 0.29) is 6.04 Å². The van der Waals surface area contributed by atoms with Crippen molar-refractivity contribution in [2.75, 3.05) is 19.9 Å². The predicted molar refractivity (Wildman–Crippen MR) is 70.8 cm³/mol. The molecule has 1 atom stereocenters. The van der Waals surface area contributed by atoms with Crippen LogP contribution in [0.2, 0.25) is 0 Å². The number of aryl methyl sites for hydroxylation is 1. The molecule has 1 aromatic rings. The Morgan fingerprint density at radius 3 is 2.60 bits per heavy atom. The molecule has 0 aromatic heterocycles. The molecule has 0 aliphatic heterocycles. The van der Waals surface area contributed by atoms with E-state index in [4.69, 9.17) is 4.74 Å². The highest BCUT2D eigenvalue weighted by Crippen LogP contribution is 2.26. The zero-order valence-corrected chi connectivity index (χ0v) is 11.9. The second kappa shape index (κ2) is 7.50. The monoisotopic (exact) mass is 291 g/mol. The fourth-order valence-corrected chi connectivity index (χ4v) is 1.80. The standard InChI is InChI=1S/C14H20F3NO2/c1-4-18-11(3)12-6-5-10(2)7-13(12)20-9-19-8-14(15,16)17/h5-7,11,18H,4,8-9H2,1-3H3. The van der Waals surface area contributed by atoms with Crippen molar-refractivity contribution in [3.05, 3.63) is 29.3 Å². The van der Waals surface area contributed by atoms with E-state index in [1.54, 1.807) is 6.07 Å². The number of halogens is 3. The van der Waals surface area contributed by atoms with Crippen LogP contribution in [0.15, 0.2) is 18.2 Å². The van der Waals surface area contributed by atoms with Crippen LogP contribution in [-0.4, -0.2) is 26.1 Å². The molecule has 0 bridgehead atoms. The first kappa shape index (κ1) is 16.8. The molecule has 0 radical (unpaired) electrons. The first-order valence-corrected chi connectivity index (χ1v) is 6.44. The Morgan fingerprint density at radius 1 is 1.30 bits per heavy atom. The first-order chi connectivity index (χ1) is 9.33. The predicted octanol–water partition coefficient (Wildman–Crippen LogP) is 3.58. The van der Waals surface area contributed by atoms with Crippen molar-refractivity contribution in [3.63, 3.8) is 0 Å². The van der Waals surface area contributed by atoms with Crippen molar-refractivity contribution >= 4 is 0 Å². The SMILES string of the molecule is CCNC(C)c1ccc(C)cc1OCOCC(F)(F)F.